The number of likely N-dealkylation sites (N-methyl/N-ethyl adjacent to an activating group) is 1. The van der Waals surface area contributed by atoms with Gasteiger partial charge in [-0.1, -0.05) is 0 Å². The third-order valence-electron chi connectivity index (χ3n) is 4.58. The van der Waals surface area contributed by atoms with Gasteiger partial charge in [0.1, 0.15) is 5.82 Å². The molecule has 4 rings (SSSR count). The van der Waals surface area contributed by atoms with Crippen LogP contribution in [0.3, 0.4) is 0 Å². The number of piperazine rings is 1. The Kier molecular flexibility index (Phi) is 3.54. The molecular formula is C18H20N4O2. The molecule has 1 aromatic heterocycles. The second-order valence-electron chi connectivity index (χ2n) is 6.28. The van der Waals surface area contributed by atoms with Gasteiger partial charge in [0.2, 0.25) is 0 Å². The quantitative estimate of drug-likeness (QED) is 0.631. The highest BCUT2D eigenvalue weighted by Gasteiger charge is 2.15. The fourth-order valence-electron chi connectivity index (χ4n) is 3.07. The summed E-state index contributed by atoms with van der Waals surface area (Å²) in [6.07, 6.45) is 0. The number of phenols is 2. The number of hydrogen-bond acceptors (Lipinski definition) is 5. The summed E-state index contributed by atoms with van der Waals surface area (Å²) in [5.74, 6) is 0.397. The van der Waals surface area contributed by atoms with Crippen molar-refractivity contribution in [2.24, 2.45) is 0 Å². The van der Waals surface area contributed by atoms with Gasteiger partial charge in [0, 0.05) is 37.4 Å². The zero-order valence-electron chi connectivity index (χ0n) is 13.5. The maximum Gasteiger partial charge on any atom is 0.158 e. The molecule has 1 saturated heterocycles. The number of imidazole rings is 1. The van der Waals surface area contributed by atoms with E-state index in [0.29, 0.717) is 5.82 Å². The van der Waals surface area contributed by atoms with E-state index in [2.05, 4.69) is 38.9 Å². The molecule has 124 valence electrons. The monoisotopic (exact) mass is 324 g/mol. The molecule has 0 aliphatic carbocycles. The predicted octanol–water partition coefficient (Wildman–Crippen LogP) is 2.39. The molecule has 6 heteroatoms. The Morgan fingerprint density at radius 3 is 2.50 bits per heavy atom. The lowest BCUT2D eigenvalue weighted by Crippen LogP contribution is -2.44. The van der Waals surface area contributed by atoms with Crippen molar-refractivity contribution in [1.82, 2.24) is 14.9 Å². The molecule has 0 atom stereocenters. The molecule has 0 amide bonds. The Morgan fingerprint density at radius 2 is 1.75 bits per heavy atom. The van der Waals surface area contributed by atoms with E-state index in [-0.39, 0.29) is 11.5 Å². The van der Waals surface area contributed by atoms with Crippen LogP contribution in [0.2, 0.25) is 0 Å². The van der Waals surface area contributed by atoms with Gasteiger partial charge < -0.3 is 25.0 Å². The number of phenolic OH excluding ortho intramolecular Hbond substituents is 2. The summed E-state index contributed by atoms with van der Waals surface area (Å²) in [4.78, 5) is 12.6. The van der Waals surface area contributed by atoms with Gasteiger partial charge in [-0.15, -0.1) is 0 Å². The Balaban J connectivity index is 1.67. The highest BCUT2D eigenvalue weighted by Crippen LogP contribution is 2.31. The number of rotatable bonds is 2. The summed E-state index contributed by atoms with van der Waals surface area (Å²) in [5, 5.41) is 19.1. The average molecular weight is 324 g/mol. The van der Waals surface area contributed by atoms with E-state index < -0.39 is 0 Å². The van der Waals surface area contributed by atoms with Gasteiger partial charge in [-0.3, -0.25) is 0 Å². The summed E-state index contributed by atoms with van der Waals surface area (Å²) in [5.41, 5.74) is 3.78. The van der Waals surface area contributed by atoms with Crippen molar-refractivity contribution in [3.63, 3.8) is 0 Å². The lowest BCUT2D eigenvalue weighted by molar-refractivity contribution is 0.313. The Morgan fingerprint density at radius 1 is 0.958 bits per heavy atom. The number of anilines is 1. The Hall–Kier alpha value is -2.73. The minimum Gasteiger partial charge on any atom is -0.504 e. The topological polar surface area (TPSA) is 75.6 Å². The van der Waals surface area contributed by atoms with Crippen LogP contribution in [0, 0.1) is 0 Å². The average Bonchev–Trinajstić information content (AvgIpc) is 3.01. The van der Waals surface area contributed by atoms with Gasteiger partial charge in [0.15, 0.2) is 11.5 Å². The molecule has 1 aliphatic heterocycles. The second kappa shape index (κ2) is 5.72. The van der Waals surface area contributed by atoms with Crippen LogP contribution in [0.1, 0.15) is 0 Å². The molecule has 0 saturated carbocycles. The normalized spacial score (nSPS) is 16.0. The first-order chi connectivity index (χ1) is 11.6. The van der Waals surface area contributed by atoms with E-state index in [1.54, 1.807) is 6.07 Å². The number of benzene rings is 2. The maximum atomic E-state index is 9.67. The van der Waals surface area contributed by atoms with E-state index >= 15 is 0 Å². The zero-order valence-corrected chi connectivity index (χ0v) is 13.5. The van der Waals surface area contributed by atoms with Crippen molar-refractivity contribution in [2.45, 2.75) is 0 Å². The molecule has 3 aromatic rings. The minimum atomic E-state index is -0.147. The van der Waals surface area contributed by atoms with Crippen LogP contribution in [-0.4, -0.2) is 58.3 Å². The molecule has 24 heavy (non-hydrogen) atoms. The van der Waals surface area contributed by atoms with Crippen molar-refractivity contribution in [3.8, 4) is 22.9 Å². The van der Waals surface area contributed by atoms with Crippen LogP contribution in [0.15, 0.2) is 36.4 Å². The summed E-state index contributed by atoms with van der Waals surface area (Å²) in [7, 11) is 2.15. The Labute approximate surface area is 140 Å². The lowest BCUT2D eigenvalue weighted by Gasteiger charge is -2.34. The van der Waals surface area contributed by atoms with E-state index in [4.69, 9.17) is 0 Å². The SMILES string of the molecule is CN1CCN(c2ccc3nc(-c4ccc(O)c(O)c4)[nH]c3c2)CC1. The van der Waals surface area contributed by atoms with E-state index in [1.165, 1.54) is 17.8 Å². The van der Waals surface area contributed by atoms with E-state index in [0.717, 1.165) is 42.8 Å². The largest absolute Gasteiger partial charge is 0.504 e. The number of fused-ring (bicyclic) bond motifs is 1. The molecule has 3 N–H and O–H groups in total. The van der Waals surface area contributed by atoms with Gasteiger partial charge in [-0.2, -0.15) is 0 Å². The zero-order chi connectivity index (χ0) is 16.7. The molecular weight excluding hydrogens is 304 g/mol. The smallest absolute Gasteiger partial charge is 0.158 e. The van der Waals surface area contributed by atoms with Crippen LogP contribution in [0.4, 0.5) is 5.69 Å². The fraction of sp³-hybridized carbons (Fsp3) is 0.278. The van der Waals surface area contributed by atoms with Crippen LogP contribution < -0.4 is 4.90 Å². The first kappa shape index (κ1) is 14.8. The van der Waals surface area contributed by atoms with Crippen LogP contribution in [0.5, 0.6) is 11.5 Å². The first-order valence-corrected chi connectivity index (χ1v) is 8.06. The summed E-state index contributed by atoms with van der Waals surface area (Å²) in [6.45, 7) is 4.18. The molecule has 0 spiro atoms. The lowest BCUT2D eigenvalue weighted by atomic mass is 10.2. The maximum absolute atomic E-state index is 9.67. The molecule has 6 nitrogen and oxygen atoms in total. The van der Waals surface area contributed by atoms with Crippen molar-refractivity contribution < 1.29 is 10.2 Å². The second-order valence-corrected chi connectivity index (χ2v) is 6.28. The van der Waals surface area contributed by atoms with Crippen molar-refractivity contribution >= 4 is 16.7 Å². The van der Waals surface area contributed by atoms with Gasteiger partial charge in [-0.05, 0) is 43.4 Å². The highest BCUT2D eigenvalue weighted by molar-refractivity contribution is 5.83. The first-order valence-electron chi connectivity index (χ1n) is 8.06. The van der Waals surface area contributed by atoms with Crippen LogP contribution in [-0.2, 0) is 0 Å². The summed E-state index contributed by atoms with van der Waals surface area (Å²) in [6, 6.07) is 10.9. The number of hydrogen-bond donors (Lipinski definition) is 3. The molecule has 2 aromatic carbocycles. The van der Waals surface area contributed by atoms with Gasteiger partial charge >= 0.3 is 0 Å². The number of H-pyrrole nitrogens is 1. The van der Waals surface area contributed by atoms with Gasteiger partial charge in [0.05, 0.1) is 11.0 Å². The summed E-state index contributed by atoms with van der Waals surface area (Å²) < 4.78 is 0. The Bertz CT molecular complexity index is 882. The molecule has 0 unspecified atom stereocenters. The number of nitrogens with one attached hydrogen (secondary N) is 1. The third kappa shape index (κ3) is 2.65. The van der Waals surface area contributed by atoms with Crippen molar-refractivity contribution in [3.05, 3.63) is 36.4 Å². The number of aromatic hydroxyl groups is 2. The molecule has 0 radical (unpaired) electrons. The van der Waals surface area contributed by atoms with Gasteiger partial charge in [0.25, 0.3) is 0 Å². The molecule has 0 bridgehead atoms. The number of aromatic nitrogens is 2. The van der Waals surface area contributed by atoms with E-state index in [1.807, 2.05) is 6.07 Å². The number of aromatic amines is 1. The highest BCUT2D eigenvalue weighted by atomic mass is 16.3. The van der Waals surface area contributed by atoms with Crippen LogP contribution in [0.25, 0.3) is 22.4 Å². The van der Waals surface area contributed by atoms with Gasteiger partial charge in [-0.25, -0.2) is 4.98 Å². The standard InChI is InChI=1S/C18H20N4O2/c1-21-6-8-22(9-7-21)13-3-4-14-15(11-13)20-18(19-14)12-2-5-16(23)17(24)10-12/h2-5,10-11,23-24H,6-9H2,1H3,(H,19,20). The molecule has 1 aliphatic rings. The summed E-state index contributed by atoms with van der Waals surface area (Å²) >= 11 is 0. The van der Waals surface area contributed by atoms with Crippen molar-refractivity contribution in [1.29, 1.82) is 0 Å². The van der Waals surface area contributed by atoms with Crippen LogP contribution >= 0.6 is 0 Å². The number of nitrogens with zero attached hydrogens (tertiary/aromatic N) is 3. The minimum absolute atomic E-state index is 0.132. The third-order valence-corrected chi connectivity index (χ3v) is 4.58. The molecule has 1 fully saturated rings. The predicted molar refractivity (Wildman–Crippen MR) is 94.6 cm³/mol. The fourth-order valence-corrected chi connectivity index (χ4v) is 3.07. The molecule has 2 heterocycles. The van der Waals surface area contributed by atoms with E-state index in [9.17, 15) is 10.2 Å². The van der Waals surface area contributed by atoms with Crippen molar-refractivity contribution in [2.75, 3.05) is 38.1 Å².